The summed E-state index contributed by atoms with van der Waals surface area (Å²) >= 11 is 3.20. The van der Waals surface area contributed by atoms with Gasteiger partial charge in [-0.2, -0.15) is 0 Å². The highest BCUT2D eigenvalue weighted by molar-refractivity contribution is 9.11. The van der Waals surface area contributed by atoms with Gasteiger partial charge < -0.3 is 10.4 Å². The van der Waals surface area contributed by atoms with Crippen LogP contribution in [0.15, 0.2) is 29.4 Å². The number of hydrogen-bond acceptors (Lipinski definition) is 3. The lowest BCUT2D eigenvalue weighted by atomic mass is 10.3. The van der Waals surface area contributed by atoms with E-state index in [4.69, 9.17) is 5.11 Å². The molecule has 0 fully saturated rings. The van der Waals surface area contributed by atoms with Gasteiger partial charge in [-0.1, -0.05) is 22.5 Å². The summed E-state index contributed by atoms with van der Waals surface area (Å²) in [6.45, 7) is 4.23. The first-order valence-corrected chi connectivity index (χ1v) is 4.65. The molecule has 0 aliphatic heterocycles. The van der Waals surface area contributed by atoms with Crippen molar-refractivity contribution in [2.45, 2.75) is 0 Å². The molecule has 0 aliphatic carbocycles. The quantitative estimate of drug-likeness (QED) is 0.867. The largest absolute Gasteiger partial charge is 0.477 e. The van der Waals surface area contributed by atoms with E-state index < -0.39 is 5.97 Å². The lowest BCUT2D eigenvalue weighted by molar-refractivity contribution is 0.0690. The van der Waals surface area contributed by atoms with Crippen molar-refractivity contribution in [3.8, 4) is 0 Å². The lowest BCUT2D eigenvalue weighted by Gasteiger charge is -2.04. The van der Waals surface area contributed by atoms with Crippen LogP contribution in [0.25, 0.3) is 0 Å². The Morgan fingerprint density at radius 1 is 1.64 bits per heavy atom. The van der Waals surface area contributed by atoms with E-state index in [1.807, 2.05) is 0 Å². The molecule has 0 aliphatic rings. The lowest BCUT2D eigenvalue weighted by Crippen LogP contribution is -2.03. The molecule has 0 aromatic carbocycles. The van der Waals surface area contributed by atoms with E-state index in [-0.39, 0.29) is 5.69 Å². The second-order valence-electron chi connectivity index (χ2n) is 2.61. The van der Waals surface area contributed by atoms with E-state index in [9.17, 15) is 4.79 Å². The van der Waals surface area contributed by atoms with Gasteiger partial charge in [0, 0.05) is 11.0 Å². The third-order valence-corrected chi connectivity index (χ3v) is 1.75. The fraction of sp³-hybridized carbons (Fsp3) is 0.111. The second-order valence-corrected chi connectivity index (χ2v) is 3.73. The Hall–Kier alpha value is -1.36. The van der Waals surface area contributed by atoms with E-state index in [2.05, 4.69) is 32.8 Å². The summed E-state index contributed by atoms with van der Waals surface area (Å²) in [5, 5.41) is 11.6. The van der Waals surface area contributed by atoms with Gasteiger partial charge in [0.05, 0.1) is 11.9 Å². The average Bonchev–Trinajstić information content (AvgIpc) is 2.15. The maximum atomic E-state index is 10.5. The minimum atomic E-state index is -1.03. The summed E-state index contributed by atoms with van der Waals surface area (Å²) in [5.41, 5.74) is 0.795. The van der Waals surface area contributed by atoms with Gasteiger partial charge >= 0.3 is 5.97 Å². The zero-order valence-electron chi connectivity index (χ0n) is 7.33. The number of halogens is 1. The van der Waals surface area contributed by atoms with Crippen molar-refractivity contribution in [1.82, 2.24) is 4.98 Å². The number of carboxylic acids is 1. The fourth-order valence-electron chi connectivity index (χ4n) is 0.823. The third kappa shape index (κ3) is 3.18. The van der Waals surface area contributed by atoms with Crippen molar-refractivity contribution in [1.29, 1.82) is 0 Å². The standard InChI is InChI=1S/C9H9BrN2O2/c1-6(10)4-11-7-2-3-8(9(13)14)12-5-7/h2-3,5,11H,1,4H2,(H,13,14). The number of aromatic nitrogens is 1. The normalized spacial score (nSPS) is 9.50. The van der Waals surface area contributed by atoms with Gasteiger partial charge in [0.25, 0.3) is 0 Å². The Morgan fingerprint density at radius 3 is 2.79 bits per heavy atom. The number of pyridine rings is 1. The van der Waals surface area contributed by atoms with E-state index in [0.717, 1.165) is 10.2 Å². The summed E-state index contributed by atoms with van der Waals surface area (Å²) in [7, 11) is 0. The van der Waals surface area contributed by atoms with Crippen molar-refractivity contribution in [3.05, 3.63) is 35.1 Å². The average molecular weight is 257 g/mol. The molecule has 0 saturated carbocycles. The van der Waals surface area contributed by atoms with Crippen LogP contribution < -0.4 is 5.32 Å². The molecule has 5 heteroatoms. The van der Waals surface area contributed by atoms with Crippen LogP contribution >= 0.6 is 15.9 Å². The van der Waals surface area contributed by atoms with E-state index in [0.29, 0.717) is 6.54 Å². The zero-order chi connectivity index (χ0) is 10.6. The predicted octanol–water partition coefficient (Wildman–Crippen LogP) is 2.10. The Bertz CT molecular complexity index is 348. The number of carbonyl (C=O) groups is 1. The van der Waals surface area contributed by atoms with Gasteiger partial charge in [-0.15, -0.1) is 0 Å². The molecule has 4 nitrogen and oxygen atoms in total. The highest BCUT2D eigenvalue weighted by Crippen LogP contribution is 2.08. The van der Waals surface area contributed by atoms with E-state index in [1.54, 1.807) is 6.07 Å². The van der Waals surface area contributed by atoms with Crippen LogP contribution in [0.4, 0.5) is 5.69 Å². The third-order valence-electron chi connectivity index (χ3n) is 1.47. The van der Waals surface area contributed by atoms with Gasteiger partial charge in [0.15, 0.2) is 0 Å². The Balaban J connectivity index is 2.64. The Morgan fingerprint density at radius 2 is 2.36 bits per heavy atom. The summed E-state index contributed by atoms with van der Waals surface area (Å²) < 4.78 is 0.819. The monoisotopic (exact) mass is 256 g/mol. The maximum absolute atomic E-state index is 10.5. The van der Waals surface area contributed by atoms with Crippen molar-refractivity contribution >= 4 is 27.6 Å². The molecule has 74 valence electrons. The summed E-state index contributed by atoms with van der Waals surface area (Å²) in [6, 6.07) is 3.11. The molecule has 1 aromatic rings. The van der Waals surface area contributed by atoms with E-state index >= 15 is 0 Å². The molecule has 0 atom stereocenters. The number of rotatable bonds is 4. The van der Waals surface area contributed by atoms with Crippen LogP contribution in [-0.2, 0) is 0 Å². The molecule has 1 rings (SSSR count). The van der Waals surface area contributed by atoms with Gasteiger partial charge in [-0.25, -0.2) is 9.78 Å². The number of hydrogen-bond donors (Lipinski definition) is 2. The molecule has 2 N–H and O–H groups in total. The van der Waals surface area contributed by atoms with Crippen LogP contribution in [-0.4, -0.2) is 22.6 Å². The van der Waals surface area contributed by atoms with Crippen molar-refractivity contribution in [2.24, 2.45) is 0 Å². The fourth-order valence-corrected chi connectivity index (χ4v) is 0.963. The minimum Gasteiger partial charge on any atom is -0.477 e. The number of aromatic carboxylic acids is 1. The van der Waals surface area contributed by atoms with Crippen LogP contribution in [0.1, 0.15) is 10.5 Å². The summed E-state index contributed by atoms with van der Waals surface area (Å²) in [4.78, 5) is 14.2. The van der Waals surface area contributed by atoms with Gasteiger partial charge in [0.1, 0.15) is 5.69 Å². The first kappa shape index (κ1) is 10.7. The van der Waals surface area contributed by atoms with Crippen molar-refractivity contribution in [2.75, 3.05) is 11.9 Å². The topological polar surface area (TPSA) is 62.2 Å². The smallest absolute Gasteiger partial charge is 0.354 e. The number of anilines is 1. The van der Waals surface area contributed by atoms with Crippen LogP contribution in [0.2, 0.25) is 0 Å². The molecular formula is C9H9BrN2O2. The Kier molecular flexibility index (Phi) is 3.64. The zero-order valence-corrected chi connectivity index (χ0v) is 8.91. The van der Waals surface area contributed by atoms with Gasteiger partial charge in [-0.05, 0) is 12.1 Å². The maximum Gasteiger partial charge on any atom is 0.354 e. The SMILES string of the molecule is C=C(Br)CNc1ccc(C(=O)O)nc1. The number of nitrogens with one attached hydrogen (secondary N) is 1. The van der Waals surface area contributed by atoms with Crippen LogP contribution in [0.3, 0.4) is 0 Å². The second kappa shape index (κ2) is 4.76. The number of carboxylic acid groups (broad SMARTS) is 1. The first-order chi connectivity index (χ1) is 6.59. The van der Waals surface area contributed by atoms with Gasteiger partial charge in [0.2, 0.25) is 0 Å². The molecule has 0 unspecified atom stereocenters. The van der Waals surface area contributed by atoms with Crippen LogP contribution in [0.5, 0.6) is 0 Å². The van der Waals surface area contributed by atoms with E-state index in [1.165, 1.54) is 12.3 Å². The van der Waals surface area contributed by atoms with Crippen molar-refractivity contribution in [3.63, 3.8) is 0 Å². The highest BCUT2D eigenvalue weighted by Gasteiger charge is 2.02. The van der Waals surface area contributed by atoms with Crippen molar-refractivity contribution < 1.29 is 9.90 Å². The predicted molar refractivity (Wildman–Crippen MR) is 57.8 cm³/mol. The number of nitrogens with zero attached hydrogens (tertiary/aromatic N) is 1. The molecule has 14 heavy (non-hydrogen) atoms. The highest BCUT2D eigenvalue weighted by atomic mass is 79.9. The molecule has 0 saturated heterocycles. The Labute approximate surface area is 89.8 Å². The molecule has 0 radical (unpaired) electrons. The molecule has 1 heterocycles. The molecule has 0 bridgehead atoms. The molecule has 1 aromatic heterocycles. The summed E-state index contributed by atoms with van der Waals surface area (Å²) in [5.74, 6) is -1.03. The minimum absolute atomic E-state index is 0.0354. The molecule has 0 spiro atoms. The molecule has 0 amide bonds. The first-order valence-electron chi connectivity index (χ1n) is 3.86. The molecular weight excluding hydrogens is 248 g/mol. The van der Waals surface area contributed by atoms with Crippen LogP contribution in [0, 0.1) is 0 Å². The summed E-state index contributed by atoms with van der Waals surface area (Å²) in [6.07, 6.45) is 1.47. The van der Waals surface area contributed by atoms with Gasteiger partial charge in [-0.3, -0.25) is 0 Å².